The summed E-state index contributed by atoms with van der Waals surface area (Å²) in [5.41, 5.74) is -0.259. The van der Waals surface area contributed by atoms with Gasteiger partial charge in [-0.25, -0.2) is 4.79 Å². The first-order valence-corrected chi connectivity index (χ1v) is 8.08. The van der Waals surface area contributed by atoms with Gasteiger partial charge >= 0.3 is 12.0 Å². The van der Waals surface area contributed by atoms with Gasteiger partial charge in [0.2, 0.25) is 0 Å². The molecule has 0 aromatic rings. The van der Waals surface area contributed by atoms with E-state index < -0.39 is 5.97 Å². The summed E-state index contributed by atoms with van der Waals surface area (Å²) in [6, 6.07) is -0.183. The van der Waals surface area contributed by atoms with Gasteiger partial charge in [0.25, 0.3) is 0 Å². The van der Waals surface area contributed by atoms with Gasteiger partial charge in [0.15, 0.2) is 0 Å². The zero-order valence-corrected chi connectivity index (χ0v) is 13.6. The summed E-state index contributed by atoms with van der Waals surface area (Å²) in [5, 5.41) is 14.9. The molecule has 2 amide bonds. The van der Waals surface area contributed by atoms with Crippen LogP contribution in [0.3, 0.4) is 0 Å². The van der Waals surface area contributed by atoms with Crippen molar-refractivity contribution in [2.24, 2.45) is 17.3 Å². The highest BCUT2D eigenvalue weighted by atomic mass is 16.4. The van der Waals surface area contributed by atoms with Crippen molar-refractivity contribution < 1.29 is 14.7 Å². The third-order valence-corrected chi connectivity index (χ3v) is 4.79. The molecule has 0 aromatic heterocycles. The molecule has 1 fully saturated rings. The summed E-state index contributed by atoms with van der Waals surface area (Å²) < 4.78 is 0. The number of carbonyl (C=O) groups is 2. The molecule has 1 aliphatic carbocycles. The standard InChI is InChI=1S/C16H30N2O3/c1-12(2)13(3)10-17-15(21)18-11-16(9-14(19)20)7-5-4-6-8-16/h12-13H,4-11H2,1-3H3,(H,19,20)(H2,17,18,21). The first-order valence-electron chi connectivity index (χ1n) is 8.08. The molecular weight excluding hydrogens is 268 g/mol. The number of amides is 2. The van der Waals surface area contributed by atoms with Gasteiger partial charge in [-0.2, -0.15) is 0 Å². The Kier molecular flexibility index (Phi) is 6.99. The van der Waals surface area contributed by atoms with E-state index in [1.54, 1.807) is 0 Å². The number of urea groups is 1. The maximum Gasteiger partial charge on any atom is 0.314 e. The van der Waals surface area contributed by atoms with Gasteiger partial charge in [-0.15, -0.1) is 0 Å². The van der Waals surface area contributed by atoms with Crippen LogP contribution in [0.1, 0.15) is 59.3 Å². The fourth-order valence-corrected chi connectivity index (χ4v) is 2.86. The smallest absolute Gasteiger partial charge is 0.314 e. The molecular formula is C16H30N2O3. The number of hydrogen-bond donors (Lipinski definition) is 3. The predicted octanol–water partition coefficient (Wildman–Crippen LogP) is 3.00. The minimum Gasteiger partial charge on any atom is -0.481 e. The molecule has 3 N–H and O–H groups in total. The number of hydrogen-bond acceptors (Lipinski definition) is 2. The Morgan fingerprint density at radius 3 is 2.24 bits per heavy atom. The third-order valence-electron chi connectivity index (χ3n) is 4.79. The van der Waals surface area contributed by atoms with Gasteiger partial charge in [0.05, 0.1) is 6.42 Å². The number of rotatable bonds is 7. The van der Waals surface area contributed by atoms with Gasteiger partial charge in [0, 0.05) is 13.1 Å². The summed E-state index contributed by atoms with van der Waals surface area (Å²) in [6.07, 6.45) is 5.21. The van der Waals surface area contributed by atoms with Crippen LogP contribution in [-0.4, -0.2) is 30.2 Å². The Morgan fingerprint density at radius 1 is 1.10 bits per heavy atom. The van der Waals surface area contributed by atoms with E-state index in [1.165, 1.54) is 6.42 Å². The van der Waals surface area contributed by atoms with Crippen LogP contribution in [0.5, 0.6) is 0 Å². The quantitative estimate of drug-likeness (QED) is 0.676. The maximum absolute atomic E-state index is 11.9. The van der Waals surface area contributed by atoms with Crippen molar-refractivity contribution in [3.05, 3.63) is 0 Å². The molecule has 1 unspecified atom stereocenters. The second kappa shape index (κ2) is 8.25. The largest absolute Gasteiger partial charge is 0.481 e. The minimum atomic E-state index is -0.771. The lowest BCUT2D eigenvalue weighted by atomic mass is 9.72. The second-order valence-electron chi connectivity index (χ2n) is 6.92. The molecule has 0 radical (unpaired) electrons. The average Bonchev–Trinajstić information content (AvgIpc) is 2.42. The van der Waals surface area contributed by atoms with Crippen LogP contribution in [0.25, 0.3) is 0 Å². The third kappa shape index (κ3) is 6.36. The van der Waals surface area contributed by atoms with E-state index >= 15 is 0 Å². The van der Waals surface area contributed by atoms with Crippen molar-refractivity contribution in [1.29, 1.82) is 0 Å². The van der Waals surface area contributed by atoms with Crippen LogP contribution in [0.4, 0.5) is 4.79 Å². The molecule has 1 atom stereocenters. The van der Waals surface area contributed by atoms with E-state index in [-0.39, 0.29) is 17.9 Å². The topological polar surface area (TPSA) is 78.4 Å². The van der Waals surface area contributed by atoms with Crippen molar-refractivity contribution in [2.45, 2.75) is 59.3 Å². The molecule has 0 heterocycles. The highest BCUT2D eigenvalue weighted by molar-refractivity contribution is 5.74. The van der Waals surface area contributed by atoms with Gasteiger partial charge in [-0.3, -0.25) is 4.79 Å². The minimum absolute atomic E-state index is 0.148. The Morgan fingerprint density at radius 2 is 1.71 bits per heavy atom. The Hall–Kier alpha value is -1.26. The van der Waals surface area contributed by atoms with E-state index in [0.29, 0.717) is 24.9 Å². The van der Waals surface area contributed by atoms with Gasteiger partial charge < -0.3 is 15.7 Å². The van der Waals surface area contributed by atoms with Crippen molar-refractivity contribution in [2.75, 3.05) is 13.1 Å². The molecule has 1 saturated carbocycles. The van der Waals surface area contributed by atoms with E-state index in [2.05, 4.69) is 31.4 Å². The first kappa shape index (κ1) is 17.8. The molecule has 1 rings (SSSR count). The fraction of sp³-hybridized carbons (Fsp3) is 0.875. The molecule has 122 valence electrons. The summed E-state index contributed by atoms with van der Waals surface area (Å²) in [5.74, 6) is 0.188. The van der Waals surface area contributed by atoms with Crippen molar-refractivity contribution >= 4 is 12.0 Å². The monoisotopic (exact) mass is 298 g/mol. The summed E-state index contributed by atoms with van der Waals surface area (Å²) in [4.78, 5) is 23.0. The first-order chi connectivity index (χ1) is 9.84. The Bertz CT molecular complexity index is 349. The number of carbonyl (C=O) groups excluding carboxylic acids is 1. The normalized spacial score (nSPS) is 19.0. The molecule has 21 heavy (non-hydrogen) atoms. The Labute approximate surface area is 127 Å². The van der Waals surface area contributed by atoms with E-state index in [9.17, 15) is 9.59 Å². The van der Waals surface area contributed by atoms with Gasteiger partial charge in [-0.1, -0.05) is 40.0 Å². The molecule has 1 aliphatic rings. The Balaban J connectivity index is 2.42. The van der Waals surface area contributed by atoms with Crippen LogP contribution in [0, 0.1) is 17.3 Å². The highest BCUT2D eigenvalue weighted by Crippen LogP contribution is 2.38. The highest BCUT2D eigenvalue weighted by Gasteiger charge is 2.34. The van der Waals surface area contributed by atoms with Crippen molar-refractivity contribution in [3.63, 3.8) is 0 Å². The molecule has 5 heteroatoms. The van der Waals surface area contributed by atoms with E-state index in [4.69, 9.17) is 5.11 Å². The van der Waals surface area contributed by atoms with Crippen molar-refractivity contribution in [3.8, 4) is 0 Å². The molecule has 0 aromatic carbocycles. The average molecular weight is 298 g/mol. The lowest BCUT2D eigenvalue weighted by Crippen LogP contribution is -2.45. The van der Waals surface area contributed by atoms with Crippen LogP contribution < -0.4 is 10.6 Å². The summed E-state index contributed by atoms with van der Waals surface area (Å²) >= 11 is 0. The van der Waals surface area contributed by atoms with Gasteiger partial charge in [-0.05, 0) is 30.1 Å². The maximum atomic E-state index is 11.9. The SMILES string of the molecule is CC(C)C(C)CNC(=O)NCC1(CC(=O)O)CCCCC1. The van der Waals surface area contributed by atoms with Crippen molar-refractivity contribution in [1.82, 2.24) is 10.6 Å². The molecule has 0 spiro atoms. The number of nitrogens with one attached hydrogen (secondary N) is 2. The number of carboxylic acid groups (broad SMARTS) is 1. The summed E-state index contributed by atoms with van der Waals surface area (Å²) in [6.45, 7) is 7.48. The van der Waals surface area contributed by atoms with Crippen LogP contribution in [-0.2, 0) is 4.79 Å². The molecule has 5 nitrogen and oxygen atoms in total. The van der Waals surface area contributed by atoms with Gasteiger partial charge in [0.1, 0.15) is 0 Å². The molecule has 0 bridgehead atoms. The van der Waals surface area contributed by atoms with Crippen LogP contribution >= 0.6 is 0 Å². The predicted molar refractivity (Wildman–Crippen MR) is 83.2 cm³/mol. The zero-order chi connectivity index (χ0) is 15.9. The number of aliphatic carboxylic acids is 1. The van der Waals surface area contributed by atoms with Crippen LogP contribution in [0.2, 0.25) is 0 Å². The van der Waals surface area contributed by atoms with E-state index in [1.807, 2.05) is 0 Å². The zero-order valence-electron chi connectivity index (χ0n) is 13.6. The second-order valence-corrected chi connectivity index (χ2v) is 6.92. The number of carboxylic acids is 1. The lowest BCUT2D eigenvalue weighted by molar-refractivity contribution is -0.140. The molecule has 0 saturated heterocycles. The summed E-state index contributed by atoms with van der Waals surface area (Å²) in [7, 11) is 0. The molecule has 0 aliphatic heterocycles. The van der Waals surface area contributed by atoms with E-state index in [0.717, 1.165) is 25.7 Å². The lowest BCUT2D eigenvalue weighted by Gasteiger charge is -2.36. The fourth-order valence-electron chi connectivity index (χ4n) is 2.86. The van der Waals surface area contributed by atoms with Crippen LogP contribution in [0.15, 0.2) is 0 Å².